The minimum absolute atomic E-state index is 0.00131. The number of unbranched alkanes of at least 4 members (excludes halogenated alkanes) is 1. The van der Waals surface area contributed by atoms with Crippen LogP contribution in [-0.2, 0) is 32.3 Å². The molecule has 8 heteroatoms. The van der Waals surface area contributed by atoms with Crippen LogP contribution in [0.2, 0.25) is 0 Å². The number of phenols is 1. The Morgan fingerprint density at radius 2 is 1.92 bits per heavy atom. The van der Waals surface area contributed by atoms with E-state index < -0.39 is 0 Å². The van der Waals surface area contributed by atoms with Crippen LogP contribution in [0.15, 0.2) is 34.7 Å². The monoisotopic (exact) mass is 661 g/mol. The summed E-state index contributed by atoms with van der Waals surface area (Å²) >= 11 is 0. The Bertz CT molecular complexity index is 1470. The lowest BCUT2D eigenvalue weighted by Gasteiger charge is -2.39. The van der Waals surface area contributed by atoms with E-state index in [1.807, 2.05) is 32.2 Å². The van der Waals surface area contributed by atoms with Gasteiger partial charge in [-0.25, -0.2) is 0 Å². The topological polar surface area (TPSA) is 123 Å². The summed E-state index contributed by atoms with van der Waals surface area (Å²) in [4.78, 5) is 3.91. The lowest BCUT2D eigenvalue weighted by molar-refractivity contribution is 0.116. The Balaban J connectivity index is 1.17. The number of hydrogen-bond acceptors (Lipinski definition) is 7. The first kappa shape index (κ1) is 35.1. The summed E-state index contributed by atoms with van der Waals surface area (Å²) in [5.41, 5.74) is 6.34. The predicted octanol–water partition coefficient (Wildman–Crippen LogP) is 6.86. The molecule has 0 aliphatic heterocycles. The smallest absolute Gasteiger partial charge is 0.161 e. The van der Waals surface area contributed by atoms with E-state index in [1.165, 1.54) is 56.2 Å². The molecule has 0 unspecified atom stereocenters. The van der Waals surface area contributed by atoms with Gasteiger partial charge in [-0.2, -0.15) is 0 Å². The Morgan fingerprint density at radius 1 is 1.08 bits per heavy atom. The molecule has 264 valence electrons. The summed E-state index contributed by atoms with van der Waals surface area (Å²) in [6.45, 7) is 5.91. The minimum Gasteiger partial charge on any atom is -0.504 e. The number of phenolic OH excluding ortho intramolecular Hbond substituents is 1. The molecule has 3 aromatic rings. The average Bonchev–Trinajstić information content (AvgIpc) is 3.89. The van der Waals surface area contributed by atoms with Gasteiger partial charge in [-0.3, -0.25) is 0 Å². The number of H-pyrrole nitrogens is 1. The predicted molar refractivity (Wildman–Crippen MR) is 190 cm³/mol. The van der Waals surface area contributed by atoms with Gasteiger partial charge in [0, 0.05) is 48.8 Å². The zero-order valence-corrected chi connectivity index (χ0v) is 29.5. The first-order valence-electron chi connectivity index (χ1n) is 18.8. The van der Waals surface area contributed by atoms with Gasteiger partial charge in [-0.1, -0.05) is 38.7 Å². The number of aryl methyl sites for hydroxylation is 3. The fourth-order valence-electron chi connectivity index (χ4n) is 9.42. The van der Waals surface area contributed by atoms with Crippen molar-refractivity contribution in [1.82, 2.24) is 15.6 Å². The molecular formula is C40H59N3O5. The highest BCUT2D eigenvalue weighted by atomic mass is 16.5. The SMILES string of the molecule is CCCCc1oc(CCc2ccc(O)c(OC[C@H](NC)c3cc4c([nH]3)CC3(CCCC3)[C@H]3CCC[C@H]3[C@@H]4CNC[C@H](C)O)c2)cc1CO. The zero-order valence-electron chi connectivity index (χ0n) is 29.5. The molecule has 1 spiro atoms. The van der Waals surface area contributed by atoms with E-state index in [0.29, 0.717) is 42.6 Å². The fraction of sp³-hybridized carbons (Fsp3) is 0.650. The molecule has 8 nitrogen and oxygen atoms in total. The van der Waals surface area contributed by atoms with Crippen molar-refractivity contribution < 1.29 is 24.5 Å². The summed E-state index contributed by atoms with van der Waals surface area (Å²) < 4.78 is 12.4. The van der Waals surface area contributed by atoms with Crippen molar-refractivity contribution in [2.75, 3.05) is 26.7 Å². The maximum atomic E-state index is 10.7. The largest absolute Gasteiger partial charge is 0.504 e. The van der Waals surface area contributed by atoms with E-state index >= 15 is 0 Å². The van der Waals surface area contributed by atoms with Gasteiger partial charge < -0.3 is 40.1 Å². The number of likely N-dealkylation sites (N-methyl/N-ethyl adjacent to an activating group) is 1. The lowest BCUT2D eigenvalue weighted by atomic mass is 9.66. The van der Waals surface area contributed by atoms with Crippen molar-refractivity contribution in [3.63, 3.8) is 0 Å². The molecule has 2 fully saturated rings. The third-order valence-corrected chi connectivity index (χ3v) is 11.8. The van der Waals surface area contributed by atoms with E-state index in [4.69, 9.17) is 9.15 Å². The average molecular weight is 662 g/mol. The number of nitrogens with one attached hydrogen (secondary N) is 3. The first-order chi connectivity index (χ1) is 23.3. The second-order valence-electron chi connectivity index (χ2n) is 15.1. The highest BCUT2D eigenvalue weighted by Gasteiger charge is 2.51. The number of benzene rings is 1. The van der Waals surface area contributed by atoms with Crippen LogP contribution in [0.25, 0.3) is 0 Å². The van der Waals surface area contributed by atoms with E-state index in [0.717, 1.165) is 72.9 Å². The van der Waals surface area contributed by atoms with E-state index in [1.54, 1.807) is 6.07 Å². The fourth-order valence-corrected chi connectivity index (χ4v) is 9.42. The van der Waals surface area contributed by atoms with E-state index in [2.05, 4.69) is 28.6 Å². The van der Waals surface area contributed by atoms with Crippen LogP contribution in [0.5, 0.6) is 11.5 Å². The van der Waals surface area contributed by atoms with Crippen LogP contribution in [0, 0.1) is 17.3 Å². The zero-order chi connectivity index (χ0) is 33.7. The van der Waals surface area contributed by atoms with Crippen LogP contribution < -0.4 is 15.4 Å². The normalized spacial score (nSPS) is 22.8. The third-order valence-electron chi connectivity index (χ3n) is 11.8. The van der Waals surface area contributed by atoms with Crippen LogP contribution in [0.3, 0.4) is 0 Å². The molecule has 6 N–H and O–H groups in total. The van der Waals surface area contributed by atoms with Crippen LogP contribution in [0.4, 0.5) is 0 Å². The second kappa shape index (κ2) is 15.8. The number of fused-ring (bicyclic) bond motifs is 3. The summed E-state index contributed by atoms with van der Waals surface area (Å²) in [6, 6.07) is 9.91. The number of aliphatic hydroxyl groups excluding tert-OH is 2. The lowest BCUT2D eigenvalue weighted by Crippen LogP contribution is -2.36. The van der Waals surface area contributed by atoms with Crippen molar-refractivity contribution >= 4 is 0 Å². The Labute approximate surface area is 287 Å². The number of aliphatic hydroxyl groups is 2. The van der Waals surface area contributed by atoms with Crippen LogP contribution in [-0.4, -0.2) is 53.2 Å². The van der Waals surface area contributed by atoms with Gasteiger partial charge in [-0.05, 0) is 112 Å². The molecule has 0 radical (unpaired) electrons. The number of rotatable bonds is 16. The van der Waals surface area contributed by atoms with Crippen molar-refractivity contribution in [2.24, 2.45) is 17.3 Å². The van der Waals surface area contributed by atoms with Gasteiger partial charge in [0.05, 0.1) is 18.8 Å². The summed E-state index contributed by atoms with van der Waals surface area (Å²) in [5.74, 6) is 4.29. The number of ether oxygens (including phenoxy) is 1. The summed E-state index contributed by atoms with van der Waals surface area (Å²) in [5, 5.41) is 37.6. The molecule has 3 aliphatic carbocycles. The highest BCUT2D eigenvalue weighted by molar-refractivity contribution is 5.42. The molecule has 2 aromatic heterocycles. The highest BCUT2D eigenvalue weighted by Crippen LogP contribution is 2.60. The van der Waals surface area contributed by atoms with Gasteiger partial charge in [0.25, 0.3) is 0 Å². The van der Waals surface area contributed by atoms with Crippen molar-refractivity contribution in [3.05, 3.63) is 69.9 Å². The molecule has 6 rings (SSSR count). The van der Waals surface area contributed by atoms with Gasteiger partial charge in [-0.15, -0.1) is 0 Å². The number of aromatic amines is 1. The van der Waals surface area contributed by atoms with Crippen LogP contribution in [0.1, 0.15) is 123 Å². The third kappa shape index (κ3) is 7.67. The van der Waals surface area contributed by atoms with Gasteiger partial charge >= 0.3 is 0 Å². The quantitative estimate of drug-likeness (QED) is 0.0992. The molecule has 5 atom stereocenters. The summed E-state index contributed by atoms with van der Waals surface area (Å²) in [6.07, 6.45) is 14.6. The maximum absolute atomic E-state index is 10.7. The number of aromatic nitrogens is 1. The van der Waals surface area contributed by atoms with Crippen molar-refractivity contribution in [3.8, 4) is 11.5 Å². The summed E-state index contributed by atoms with van der Waals surface area (Å²) in [7, 11) is 1.97. The number of hydrogen-bond donors (Lipinski definition) is 6. The Kier molecular flexibility index (Phi) is 11.6. The van der Waals surface area contributed by atoms with E-state index in [-0.39, 0.29) is 24.5 Å². The molecule has 0 saturated heterocycles. The first-order valence-corrected chi connectivity index (χ1v) is 18.8. The van der Waals surface area contributed by atoms with Gasteiger partial charge in [0.1, 0.15) is 18.1 Å². The van der Waals surface area contributed by atoms with Gasteiger partial charge in [0.2, 0.25) is 0 Å². The van der Waals surface area contributed by atoms with Crippen LogP contribution >= 0.6 is 0 Å². The van der Waals surface area contributed by atoms with Crippen molar-refractivity contribution in [2.45, 2.75) is 122 Å². The van der Waals surface area contributed by atoms with E-state index in [9.17, 15) is 15.3 Å². The number of aromatic hydroxyl groups is 1. The minimum atomic E-state index is -0.356. The Morgan fingerprint density at radius 3 is 2.67 bits per heavy atom. The molecule has 48 heavy (non-hydrogen) atoms. The molecular weight excluding hydrogens is 602 g/mol. The molecule has 0 amide bonds. The molecule has 1 aromatic carbocycles. The molecule has 3 aliphatic rings. The van der Waals surface area contributed by atoms with Gasteiger partial charge in [0.15, 0.2) is 11.5 Å². The Hall–Kier alpha value is -2.78. The number of furan rings is 1. The second-order valence-corrected chi connectivity index (χ2v) is 15.1. The molecule has 2 saturated carbocycles. The van der Waals surface area contributed by atoms with Crippen molar-refractivity contribution in [1.29, 1.82) is 0 Å². The standard InChI is InChI=1S/C40H59N3O5/c1-4-5-11-38-28(24-44)19-29(48-38)14-12-27-13-15-37(46)39(18-27)47-25-36(41-3)34-20-31-32(23-42-22-26(2)45)30-9-8-10-33(30)40(16-6-7-17-40)21-35(31)43-34/h13,15,18-20,26,30,32-33,36,41-46H,4-12,14,16-17,21-25H2,1-3H3/t26-,30-,32-,33-,36-/m0/s1. The molecule has 0 bridgehead atoms. The maximum Gasteiger partial charge on any atom is 0.161 e. The molecule has 2 heterocycles.